The Balaban J connectivity index is 2.78. The average Bonchev–Trinajstić information content (AvgIpc) is 2.34. The van der Waals surface area contributed by atoms with E-state index in [1.807, 2.05) is 44.2 Å². The topological polar surface area (TPSA) is 66.4 Å². The molecule has 1 aromatic rings. The Bertz CT molecular complexity index is 464. The third kappa shape index (κ3) is 5.86. The van der Waals surface area contributed by atoms with Crippen LogP contribution in [-0.4, -0.2) is 23.0 Å². The maximum Gasteiger partial charge on any atom is 0.308 e. The van der Waals surface area contributed by atoms with Crippen molar-refractivity contribution in [3.63, 3.8) is 0 Å². The summed E-state index contributed by atoms with van der Waals surface area (Å²) in [5, 5.41) is 11.6. The van der Waals surface area contributed by atoms with E-state index in [4.69, 9.17) is 5.11 Å². The molecule has 0 aliphatic heterocycles. The van der Waals surface area contributed by atoms with Crippen molar-refractivity contribution in [2.24, 2.45) is 0 Å². The van der Waals surface area contributed by atoms with Crippen molar-refractivity contribution in [3.05, 3.63) is 47.5 Å². The Labute approximate surface area is 113 Å². The van der Waals surface area contributed by atoms with Gasteiger partial charge in [-0.1, -0.05) is 36.4 Å². The zero-order chi connectivity index (χ0) is 14.3. The fraction of sp³-hybridized carbons (Fsp3) is 0.333. The van der Waals surface area contributed by atoms with Gasteiger partial charge < -0.3 is 10.4 Å². The molecule has 0 atom stereocenters. The molecule has 19 heavy (non-hydrogen) atoms. The molecule has 4 heteroatoms. The first kappa shape index (κ1) is 15.0. The molecule has 0 aliphatic carbocycles. The summed E-state index contributed by atoms with van der Waals surface area (Å²) in [6, 6.07) is 9.60. The van der Waals surface area contributed by atoms with Crippen molar-refractivity contribution in [2.75, 3.05) is 0 Å². The van der Waals surface area contributed by atoms with Crippen molar-refractivity contribution >= 4 is 11.9 Å². The number of amides is 1. The predicted octanol–water partition coefficient (Wildman–Crippen LogP) is 2.15. The van der Waals surface area contributed by atoms with Gasteiger partial charge in [0.1, 0.15) is 0 Å². The van der Waals surface area contributed by atoms with E-state index in [1.54, 1.807) is 6.08 Å². The Morgan fingerprint density at radius 3 is 2.42 bits per heavy atom. The van der Waals surface area contributed by atoms with E-state index in [9.17, 15) is 9.59 Å². The predicted molar refractivity (Wildman–Crippen MR) is 73.8 cm³/mol. The van der Waals surface area contributed by atoms with Gasteiger partial charge in [0, 0.05) is 11.6 Å². The van der Waals surface area contributed by atoms with Crippen LogP contribution in [0.4, 0.5) is 0 Å². The minimum atomic E-state index is -1.00. The third-order valence-electron chi connectivity index (χ3n) is 2.48. The van der Waals surface area contributed by atoms with E-state index in [0.29, 0.717) is 12.0 Å². The van der Waals surface area contributed by atoms with Crippen LogP contribution in [0.3, 0.4) is 0 Å². The lowest BCUT2D eigenvalue weighted by molar-refractivity contribution is -0.137. The SMILES string of the molecule is CC(C)NC(=O)C(=CCc1ccccc1)CC(=O)O. The van der Waals surface area contributed by atoms with Crippen LogP contribution in [0.2, 0.25) is 0 Å². The summed E-state index contributed by atoms with van der Waals surface area (Å²) in [5.41, 5.74) is 1.34. The van der Waals surface area contributed by atoms with E-state index in [0.717, 1.165) is 5.56 Å². The van der Waals surface area contributed by atoms with Crippen LogP contribution in [0, 0.1) is 0 Å². The van der Waals surface area contributed by atoms with Crippen LogP contribution in [-0.2, 0) is 16.0 Å². The average molecular weight is 261 g/mol. The molecule has 0 aliphatic rings. The molecule has 2 N–H and O–H groups in total. The van der Waals surface area contributed by atoms with E-state index in [1.165, 1.54) is 0 Å². The van der Waals surface area contributed by atoms with Gasteiger partial charge in [0.15, 0.2) is 0 Å². The van der Waals surface area contributed by atoms with E-state index in [2.05, 4.69) is 5.32 Å². The summed E-state index contributed by atoms with van der Waals surface area (Å²) in [7, 11) is 0. The van der Waals surface area contributed by atoms with E-state index in [-0.39, 0.29) is 18.4 Å². The lowest BCUT2D eigenvalue weighted by Crippen LogP contribution is -2.32. The van der Waals surface area contributed by atoms with Crippen LogP contribution in [0.15, 0.2) is 42.0 Å². The number of benzene rings is 1. The summed E-state index contributed by atoms with van der Waals surface area (Å²) in [6.45, 7) is 3.68. The van der Waals surface area contributed by atoms with Crippen molar-refractivity contribution in [1.29, 1.82) is 0 Å². The standard InChI is InChI=1S/C15H19NO3/c1-11(2)16-15(19)13(10-14(17)18)9-8-12-6-4-3-5-7-12/h3-7,9,11H,8,10H2,1-2H3,(H,16,19)(H,17,18). The molecule has 102 valence electrons. The minimum Gasteiger partial charge on any atom is -0.481 e. The Morgan fingerprint density at radius 1 is 1.26 bits per heavy atom. The highest BCUT2D eigenvalue weighted by atomic mass is 16.4. The normalized spacial score (nSPS) is 11.4. The molecule has 0 bridgehead atoms. The molecule has 0 aromatic heterocycles. The highest BCUT2D eigenvalue weighted by Gasteiger charge is 2.13. The van der Waals surface area contributed by atoms with Gasteiger partial charge in [-0.15, -0.1) is 0 Å². The number of carboxylic acids is 1. The van der Waals surface area contributed by atoms with Gasteiger partial charge in [-0.25, -0.2) is 0 Å². The molecule has 0 unspecified atom stereocenters. The summed E-state index contributed by atoms with van der Waals surface area (Å²) in [6.07, 6.45) is 1.97. The molecule has 0 heterocycles. The molecule has 0 saturated heterocycles. The van der Waals surface area contributed by atoms with Gasteiger partial charge in [0.05, 0.1) is 6.42 Å². The monoisotopic (exact) mass is 261 g/mol. The molecular formula is C15H19NO3. The van der Waals surface area contributed by atoms with Gasteiger partial charge >= 0.3 is 5.97 Å². The second-order valence-electron chi connectivity index (χ2n) is 4.62. The zero-order valence-corrected chi connectivity index (χ0v) is 11.2. The maximum absolute atomic E-state index is 11.9. The summed E-state index contributed by atoms with van der Waals surface area (Å²) in [4.78, 5) is 22.7. The van der Waals surface area contributed by atoms with Gasteiger partial charge in [0.2, 0.25) is 5.91 Å². The third-order valence-corrected chi connectivity index (χ3v) is 2.48. The zero-order valence-electron chi connectivity index (χ0n) is 11.2. The molecule has 1 amide bonds. The lowest BCUT2D eigenvalue weighted by atomic mass is 10.1. The summed E-state index contributed by atoms with van der Waals surface area (Å²) < 4.78 is 0. The second kappa shape index (κ2) is 7.36. The van der Waals surface area contributed by atoms with Crippen LogP contribution >= 0.6 is 0 Å². The molecule has 0 radical (unpaired) electrons. The van der Waals surface area contributed by atoms with Crippen LogP contribution in [0.25, 0.3) is 0 Å². The quantitative estimate of drug-likeness (QED) is 0.771. The van der Waals surface area contributed by atoms with Crippen LogP contribution in [0.1, 0.15) is 25.8 Å². The van der Waals surface area contributed by atoms with Crippen LogP contribution in [0.5, 0.6) is 0 Å². The number of allylic oxidation sites excluding steroid dienone is 1. The highest BCUT2D eigenvalue weighted by Crippen LogP contribution is 2.07. The Kier molecular flexibility index (Phi) is 5.79. The first-order valence-electron chi connectivity index (χ1n) is 6.24. The largest absolute Gasteiger partial charge is 0.481 e. The maximum atomic E-state index is 11.9. The molecule has 1 rings (SSSR count). The Morgan fingerprint density at radius 2 is 1.89 bits per heavy atom. The number of carbonyl (C=O) groups is 2. The fourth-order valence-corrected chi connectivity index (χ4v) is 1.62. The summed E-state index contributed by atoms with van der Waals surface area (Å²) >= 11 is 0. The molecule has 0 spiro atoms. The van der Waals surface area contributed by atoms with Crippen LogP contribution < -0.4 is 5.32 Å². The number of hydrogen-bond acceptors (Lipinski definition) is 2. The van der Waals surface area contributed by atoms with Crippen molar-refractivity contribution < 1.29 is 14.7 Å². The second-order valence-corrected chi connectivity index (χ2v) is 4.62. The van der Waals surface area contributed by atoms with E-state index < -0.39 is 5.97 Å². The van der Waals surface area contributed by atoms with Gasteiger partial charge in [0.25, 0.3) is 0 Å². The molecule has 1 aromatic carbocycles. The number of rotatable bonds is 6. The Hall–Kier alpha value is -2.10. The lowest BCUT2D eigenvalue weighted by Gasteiger charge is -2.10. The number of hydrogen-bond donors (Lipinski definition) is 2. The first-order valence-corrected chi connectivity index (χ1v) is 6.24. The number of carboxylic acid groups (broad SMARTS) is 1. The van der Waals surface area contributed by atoms with Gasteiger partial charge in [-0.05, 0) is 25.8 Å². The van der Waals surface area contributed by atoms with Crippen molar-refractivity contribution in [1.82, 2.24) is 5.32 Å². The number of carbonyl (C=O) groups excluding carboxylic acids is 1. The van der Waals surface area contributed by atoms with Crippen molar-refractivity contribution in [2.45, 2.75) is 32.7 Å². The number of aliphatic carboxylic acids is 1. The van der Waals surface area contributed by atoms with E-state index >= 15 is 0 Å². The molecule has 0 fully saturated rings. The molecule has 0 saturated carbocycles. The molecular weight excluding hydrogens is 242 g/mol. The fourth-order valence-electron chi connectivity index (χ4n) is 1.62. The number of nitrogens with one attached hydrogen (secondary N) is 1. The van der Waals surface area contributed by atoms with Gasteiger partial charge in [-0.3, -0.25) is 9.59 Å². The minimum absolute atomic E-state index is 0.0126. The van der Waals surface area contributed by atoms with Gasteiger partial charge in [-0.2, -0.15) is 0 Å². The van der Waals surface area contributed by atoms with Crippen molar-refractivity contribution in [3.8, 4) is 0 Å². The smallest absolute Gasteiger partial charge is 0.308 e. The first-order chi connectivity index (χ1) is 8.99. The summed E-state index contributed by atoms with van der Waals surface area (Å²) in [5.74, 6) is -1.31. The molecule has 4 nitrogen and oxygen atoms in total. The highest BCUT2D eigenvalue weighted by molar-refractivity contribution is 5.97.